The molecule has 1 fully saturated rings. The van der Waals surface area contributed by atoms with E-state index in [2.05, 4.69) is 12.1 Å². The van der Waals surface area contributed by atoms with Gasteiger partial charge in [-0.3, -0.25) is 9.69 Å². The Hall–Kier alpha value is -2.11. The fourth-order valence-corrected chi connectivity index (χ4v) is 3.87. The summed E-state index contributed by atoms with van der Waals surface area (Å²) in [7, 11) is 0. The second kappa shape index (κ2) is 8.32. The number of thioether (sulfide) groups is 1. The summed E-state index contributed by atoms with van der Waals surface area (Å²) in [5, 5.41) is 0. The quantitative estimate of drug-likeness (QED) is 0.553. The summed E-state index contributed by atoms with van der Waals surface area (Å²) in [6.07, 6.45) is 2.68. The molecule has 1 amide bonds. The van der Waals surface area contributed by atoms with Crippen LogP contribution in [0.3, 0.4) is 0 Å². The summed E-state index contributed by atoms with van der Waals surface area (Å²) >= 11 is 6.75. The van der Waals surface area contributed by atoms with Crippen molar-refractivity contribution in [3.05, 3.63) is 70.6 Å². The van der Waals surface area contributed by atoms with Crippen molar-refractivity contribution in [3.8, 4) is 5.75 Å². The van der Waals surface area contributed by atoms with Gasteiger partial charge in [-0.2, -0.15) is 0 Å². The highest BCUT2D eigenvalue weighted by Gasteiger charge is 2.31. The number of carbonyl (C=O) groups excluding carboxylic acids is 1. The molecule has 0 bridgehead atoms. The number of thiocarbonyl (C=S) groups is 1. The van der Waals surface area contributed by atoms with E-state index >= 15 is 0 Å². The molecule has 1 aliphatic rings. The number of rotatable bonds is 6. The fraction of sp³-hybridized carbons (Fsp3) is 0.200. The summed E-state index contributed by atoms with van der Waals surface area (Å²) in [6.45, 7) is 3.20. The lowest BCUT2D eigenvalue weighted by atomic mass is 10.1. The van der Waals surface area contributed by atoms with Crippen molar-refractivity contribution in [2.75, 3.05) is 13.2 Å². The molecule has 3 rings (SSSR count). The number of nitrogens with zero attached hydrogens (tertiary/aromatic N) is 1. The minimum absolute atomic E-state index is 0.0141. The van der Waals surface area contributed by atoms with E-state index in [4.69, 9.17) is 17.0 Å². The topological polar surface area (TPSA) is 29.5 Å². The van der Waals surface area contributed by atoms with Crippen molar-refractivity contribution in [2.45, 2.75) is 13.3 Å². The van der Waals surface area contributed by atoms with Gasteiger partial charge in [-0.1, -0.05) is 66.4 Å². The normalized spacial score (nSPS) is 15.9. The monoisotopic (exact) mass is 369 g/mol. The van der Waals surface area contributed by atoms with Gasteiger partial charge in [-0.05, 0) is 42.7 Å². The van der Waals surface area contributed by atoms with Crippen LogP contribution >= 0.6 is 24.0 Å². The molecule has 25 heavy (non-hydrogen) atoms. The summed E-state index contributed by atoms with van der Waals surface area (Å²) in [5.41, 5.74) is 2.17. The van der Waals surface area contributed by atoms with E-state index in [1.54, 1.807) is 4.90 Å². The van der Waals surface area contributed by atoms with Crippen LogP contribution in [0.25, 0.3) is 6.08 Å². The van der Waals surface area contributed by atoms with Crippen LogP contribution in [0.2, 0.25) is 0 Å². The van der Waals surface area contributed by atoms with Gasteiger partial charge >= 0.3 is 0 Å². The van der Waals surface area contributed by atoms with E-state index in [0.29, 0.717) is 22.4 Å². The number of ether oxygens (including phenoxy) is 1. The molecular formula is C20H19NO2S2. The molecule has 0 N–H and O–H groups in total. The molecule has 2 aromatic carbocycles. The largest absolute Gasteiger partial charge is 0.494 e. The number of amides is 1. The second-order valence-electron chi connectivity index (χ2n) is 5.57. The molecule has 1 heterocycles. The van der Waals surface area contributed by atoms with Gasteiger partial charge in [0.1, 0.15) is 10.1 Å². The zero-order chi connectivity index (χ0) is 17.6. The average Bonchev–Trinajstić information content (AvgIpc) is 2.89. The predicted octanol–water partition coefficient (Wildman–Crippen LogP) is 4.53. The van der Waals surface area contributed by atoms with Crippen molar-refractivity contribution in [1.29, 1.82) is 0 Å². The third kappa shape index (κ3) is 4.50. The highest BCUT2D eigenvalue weighted by atomic mass is 32.2. The van der Waals surface area contributed by atoms with Gasteiger partial charge in [-0.15, -0.1) is 0 Å². The molecule has 0 radical (unpaired) electrons. The van der Waals surface area contributed by atoms with Crippen molar-refractivity contribution in [1.82, 2.24) is 4.90 Å². The number of carbonyl (C=O) groups is 1. The minimum atomic E-state index is -0.0141. The molecule has 0 spiro atoms. The Bertz CT molecular complexity index is 785. The van der Waals surface area contributed by atoms with Crippen LogP contribution in [-0.2, 0) is 11.2 Å². The molecule has 0 atom stereocenters. The maximum atomic E-state index is 12.6. The molecule has 3 nitrogen and oxygen atoms in total. The first-order chi connectivity index (χ1) is 12.2. The van der Waals surface area contributed by atoms with E-state index < -0.39 is 0 Å². The van der Waals surface area contributed by atoms with Gasteiger partial charge in [0.25, 0.3) is 5.91 Å². The molecule has 0 aliphatic carbocycles. The molecule has 1 saturated heterocycles. The first kappa shape index (κ1) is 17.7. The van der Waals surface area contributed by atoms with Crippen LogP contribution in [-0.4, -0.2) is 28.3 Å². The van der Waals surface area contributed by atoms with Crippen molar-refractivity contribution in [2.24, 2.45) is 0 Å². The second-order valence-corrected chi connectivity index (χ2v) is 7.25. The third-order valence-corrected chi connectivity index (χ3v) is 5.21. The molecule has 0 saturated carbocycles. The predicted molar refractivity (Wildman–Crippen MR) is 108 cm³/mol. The molecular weight excluding hydrogens is 350 g/mol. The van der Waals surface area contributed by atoms with E-state index in [0.717, 1.165) is 17.7 Å². The lowest BCUT2D eigenvalue weighted by Crippen LogP contribution is -2.30. The average molecular weight is 370 g/mol. The van der Waals surface area contributed by atoms with E-state index in [1.165, 1.54) is 17.3 Å². The van der Waals surface area contributed by atoms with Crippen molar-refractivity contribution >= 4 is 40.3 Å². The Balaban J connectivity index is 1.67. The van der Waals surface area contributed by atoms with Crippen LogP contribution in [0, 0.1) is 0 Å². The van der Waals surface area contributed by atoms with Gasteiger partial charge in [0.2, 0.25) is 0 Å². The Morgan fingerprint density at radius 3 is 2.52 bits per heavy atom. The van der Waals surface area contributed by atoms with Crippen LogP contribution in [0.5, 0.6) is 5.75 Å². The molecule has 0 aromatic heterocycles. The maximum absolute atomic E-state index is 12.6. The smallest absolute Gasteiger partial charge is 0.266 e. The van der Waals surface area contributed by atoms with Crippen molar-refractivity contribution in [3.63, 3.8) is 0 Å². The zero-order valence-electron chi connectivity index (χ0n) is 14.0. The van der Waals surface area contributed by atoms with Gasteiger partial charge < -0.3 is 4.74 Å². The van der Waals surface area contributed by atoms with Crippen LogP contribution < -0.4 is 4.74 Å². The first-order valence-electron chi connectivity index (χ1n) is 8.19. The third-order valence-electron chi connectivity index (χ3n) is 3.83. The zero-order valence-corrected chi connectivity index (χ0v) is 15.6. The Morgan fingerprint density at radius 2 is 1.84 bits per heavy atom. The summed E-state index contributed by atoms with van der Waals surface area (Å²) in [5.74, 6) is 0.815. The van der Waals surface area contributed by atoms with Gasteiger partial charge in [0, 0.05) is 6.54 Å². The highest BCUT2D eigenvalue weighted by Crippen LogP contribution is 2.32. The van der Waals surface area contributed by atoms with E-state index in [-0.39, 0.29) is 5.91 Å². The van der Waals surface area contributed by atoms with E-state index in [9.17, 15) is 4.79 Å². The van der Waals surface area contributed by atoms with E-state index in [1.807, 2.05) is 55.5 Å². The summed E-state index contributed by atoms with van der Waals surface area (Å²) < 4.78 is 6.06. The molecule has 2 aromatic rings. The van der Waals surface area contributed by atoms with Crippen LogP contribution in [0.4, 0.5) is 0 Å². The molecule has 128 valence electrons. The standard InChI is InChI=1S/C20H19NO2S2/c1-2-23-17-10-8-16(9-11-17)14-18-19(22)21(20(24)25-18)13-12-15-6-4-3-5-7-15/h3-11,14H,2,12-13H2,1H3/b18-14+. The maximum Gasteiger partial charge on any atom is 0.266 e. The van der Waals surface area contributed by atoms with Gasteiger partial charge in [0.15, 0.2) is 0 Å². The minimum Gasteiger partial charge on any atom is -0.494 e. The van der Waals surface area contributed by atoms with Crippen molar-refractivity contribution < 1.29 is 9.53 Å². The summed E-state index contributed by atoms with van der Waals surface area (Å²) in [6, 6.07) is 17.8. The Kier molecular flexibility index (Phi) is 5.89. The first-order valence-corrected chi connectivity index (χ1v) is 9.42. The molecule has 1 aliphatic heterocycles. The Labute approximate surface area is 157 Å². The Morgan fingerprint density at radius 1 is 1.12 bits per heavy atom. The lowest BCUT2D eigenvalue weighted by Gasteiger charge is -2.14. The van der Waals surface area contributed by atoms with Gasteiger partial charge in [0.05, 0.1) is 11.5 Å². The SMILES string of the molecule is CCOc1ccc(/C=C2/SC(=S)N(CCc3ccccc3)C2=O)cc1. The van der Waals surface area contributed by atoms with Gasteiger partial charge in [-0.25, -0.2) is 0 Å². The van der Waals surface area contributed by atoms with Crippen LogP contribution in [0.15, 0.2) is 59.5 Å². The fourth-order valence-electron chi connectivity index (χ4n) is 2.56. The lowest BCUT2D eigenvalue weighted by molar-refractivity contribution is -0.122. The van der Waals surface area contributed by atoms with Crippen LogP contribution in [0.1, 0.15) is 18.1 Å². The number of hydrogen-bond donors (Lipinski definition) is 0. The molecule has 0 unspecified atom stereocenters. The summed E-state index contributed by atoms with van der Waals surface area (Å²) in [4.78, 5) is 15.0. The number of benzene rings is 2. The molecule has 5 heteroatoms. The number of hydrogen-bond acceptors (Lipinski definition) is 4. The highest BCUT2D eigenvalue weighted by molar-refractivity contribution is 8.26.